The van der Waals surface area contributed by atoms with E-state index in [4.69, 9.17) is 23.2 Å². The van der Waals surface area contributed by atoms with E-state index in [2.05, 4.69) is 22.5 Å². The first-order valence-electron chi connectivity index (χ1n) is 13.0. The van der Waals surface area contributed by atoms with Gasteiger partial charge in [0.1, 0.15) is 17.9 Å². The molecule has 3 aliphatic rings. The summed E-state index contributed by atoms with van der Waals surface area (Å²) in [6.07, 6.45) is 5.79. The van der Waals surface area contributed by atoms with Crippen LogP contribution in [0.4, 0.5) is 14.5 Å². The second-order valence-electron chi connectivity index (χ2n) is 12.4. The number of nitrogens with one attached hydrogen (secondary N) is 3. The van der Waals surface area contributed by atoms with Gasteiger partial charge < -0.3 is 21.1 Å². The summed E-state index contributed by atoms with van der Waals surface area (Å²) < 4.78 is 27.8. The zero-order chi connectivity index (χ0) is 28.9. The van der Waals surface area contributed by atoms with Crippen LogP contribution in [0, 0.1) is 17.2 Å². The minimum absolute atomic E-state index is 0.0177. The van der Waals surface area contributed by atoms with Crippen LogP contribution in [0.15, 0.2) is 47.5 Å². The molecule has 4 N–H and O–H groups in total. The monoisotopic (exact) mass is 581 g/mol. The van der Waals surface area contributed by atoms with Gasteiger partial charge in [0.2, 0.25) is 11.8 Å². The first-order valence-corrected chi connectivity index (χ1v) is 13.7. The molecule has 4 atom stereocenters. The third kappa shape index (κ3) is 5.67. The van der Waals surface area contributed by atoms with Crippen molar-refractivity contribution in [2.24, 2.45) is 11.3 Å². The number of hydrogen-bond acceptors (Lipinski definition) is 4. The van der Waals surface area contributed by atoms with Crippen LogP contribution in [0.25, 0.3) is 0 Å². The number of amides is 2. The minimum Gasteiger partial charge on any atom is -0.390 e. The van der Waals surface area contributed by atoms with Crippen molar-refractivity contribution in [2.75, 3.05) is 12.0 Å². The van der Waals surface area contributed by atoms with Crippen LogP contribution < -0.4 is 16.0 Å². The largest absolute Gasteiger partial charge is 0.390 e. The SMILES string of the molecule is C=C(/C=C\C=C(\Cl)CF)[C@H]1[C@H](C(=O)N[C@H]2C[C@@](C)(O)C2)N[C@@H](CC(C)(C)C)[C@@]12C(=O)Nc1cc(Cl)c(F)cc12. The number of anilines is 1. The van der Waals surface area contributed by atoms with Crippen LogP contribution in [0.2, 0.25) is 5.02 Å². The summed E-state index contributed by atoms with van der Waals surface area (Å²) >= 11 is 11.9. The Bertz CT molecular complexity index is 1250. The molecule has 1 saturated carbocycles. The molecule has 1 spiro atoms. The van der Waals surface area contributed by atoms with E-state index in [-0.39, 0.29) is 33.3 Å². The Labute approximate surface area is 237 Å². The van der Waals surface area contributed by atoms with Gasteiger partial charge in [-0.25, -0.2) is 8.78 Å². The number of fused-ring (bicyclic) bond motifs is 2. The highest BCUT2D eigenvalue weighted by Gasteiger charge is 2.66. The van der Waals surface area contributed by atoms with Gasteiger partial charge in [-0.1, -0.05) is 62.7 Å². The highest BCUT2D eigenvalue weighted by molar-refractivity contribution is 6.31. The van der Waals surface area contributed by atoms with Gasteiger partial charge in [0.05, 0.1) is 16.7 Å². The molecule has 1 saturated heterocycles. The van der Waals surface area contributed by atoms with Crippen molar-refractivity contribution in [3.05, 3.63) is 63.9 Å². The maximum Gasteiger partial charge on any atom is 0.238 e. The number of hydrogen-bond donors (Lipinski definition) is 4. The predicted octanol–water partition coefficient (Wildman–Crippen LogP) is 5.30. The van der Waals surface area contributed by atoms with E-state index < -0.39 is 41.5 Å². The summed E-state index contributed by atoms with van der Waals surface area (Å²) in [7, 11) is 0. The Kier molecular flexibility index (Phi) is 8.09. The average Bonchev–Trinajstić information content (AvgIpc) is 3.27. The fourth-order valence-corrected chi connectivity index (χ4v) is 6.54. The van der Waals surface area contributed by atoms with E-state index in [0.29, 0.717) is 36.1 Å². The Hall–Kier alpha value is -2.26. The molecule has 1 aromatic rings. The lowest BCUT2D eigenvalue weighted by molar-refractivity contribution is -0.127. The molecule has 10 heteroatoms. The number of carbonyl (C=O) groups excluding carboxylic acids is 2. The van der Waals surface area contributed by atoms with Crippen LogP contribution in [0.3, 0.4) is 0 Å². The third-order valence-electron chi connectivity index (χ3n) is 7.82. The molecule has 0 radical (unpaired) electrons. The van der Waals surface area contributed by atoms with Crippen LogP contribution >= 0.6 is 23.2 Å². The van der Waals surface area contributed by atoms with Gasteiger partial charge >= 0.3 is 0 Å². The molecule has 1 aliphatic carbocycles. The lowest BCUT2D eigenvalue weighted by Crippen LogP contribution is -2.57. The summed E-state index contributed by atoms with van der Waals surface area (Å²) in [6.45, 7) is 11.2. The number of carbonyl (C=O) groups is 2. The highest BCUT2D eigenvalue weighted by Crippen LogP contribution is 2.55. The van der Waals surface area contributed by atoms with Gasteiger partial charge in [-0.15, -0.1) is 0 Å². The van der Waals surface area contributed by atoms with Crippen LogP contribution in [-0.4, -0.2) is 47.3 Å². The number of benzene rings is 1. The molecule has 39 heavy (non-hydrogen) atoms. The molecule has 2 amide bonds. The molecular formula is C29H35Cl2F2N3O3. The third-order valence-corrected chi connectivity index (χ3v) is 8.33. The maximum atomic E-state index is 14.9. The van der Waals surface area contributed by atoms with E-state index in [1.165, 1.54) is 24.3 Å². The molecule has 212 valence electrons. The number of allylic oxidation sites excluding steroid dienone is 4. The van der Waals surface area contributed by atoms with Crippen molar-refractivity contribution in [3.63, 3.8) is 0 Å². The number of rotatable bonds is 7. The molecule has 2 aliphatic heterocycles. The van der Waals surface area contributed by atoms with Gasteiger partial charge in [-0.05, 0) is 60.9 Å². The number of aliphatic hydroxyl groups is 1. The van der Waals surface area contributed by atoms with E-state index in [1.807, 2.05) is 20.8 Å². The predicted molar refractivity (Wildman–Crippen MR) is 150 cm³/mol. The summed E-state index contributed by atoms with van der Waals surface area (Å²) in [5.74, 6) is -2.25. The first kappa shape index (κ1) is 29.7. The second kappa shape index (κ2) is 10.6. The van der Waals surface area contributed by atoms with Crippen molar-refractivity contribution in [2.45, 2.75) is 76.1 Å². The first-order chi connectivity index (χ1) is 18.1. The Morgan fingerprint density at radius 1 is 1.33 bits per heavy atom. The summed E-state index contributed by atoms with van der Waals surface area (Å²) in [5, 5.41) is 19.3. The quantitative estimate of drug-likeness (QED) is 0.329. The van der Waals surface area contributed by atoms with Crippen molar-refractivity contribution in [3.8, 4) is 0 Å². The molecule has 6 nitrogen and oxygen atoms in total. The van der Waals surface area contributed by atoms with E-state index >= 15 is 0 Å². The Morgan fingerprint density at radius 2 is 2.00 bits per heavy atom. The Balaban J connectivity index is 1.85. The van der Waals surface area contributed by atoms with Crippen LogP contribution in [-0.2, 0) is 15.0 Å². The summed E-state index contributed by atoms with van der Waals surface area (Å²) in [6, 6.07) is 0.954. The second-order valence-corrected chi connectivity index (χ2v) is 13.3. The molecule has 4 rings (SSSR count). The molecule has 0 aromatic heterocycles. The van der Waals surface area contributed by atoms with Gasteiger partial charge in [0.15, 0.2) is 0 Å². The normalized spacial score (nSPS) is 32.3. The van der Waals surface area contributed by atoms with Crippen molar-refractivity contribution in [1.29, 1.82) is 0 Å². The standard InChI is InChI=1S/C29H35Cl2F2N3O3/c1-15(7-6-8-16(30)14-32)23-24(25(37)34-17-11-28(5,39)12-17)36-22(13-27(2,3)4)29(23)18-9-20(33)19(31)10-21(18)35-26(29)38/h6-10,17,22-24,36,39H,1,11-14H2,2-5H3,(H,34,37)(H,35,38)/b7-6-,16-8+/t17-,22-,23-,24+,28+,29+/m0/s1. The van der Waals surface area contributed by atoms with Gasteiger partial charge in [0, 0.05) is 28.7 Å². The Morgan fingerprint density at radius 3 is 2.59 bits per heavy atom. The van der Waals surface area contributed by atoms with Crippen molar-refractivity contribution in [1.82, 2.24) is 10.6 Å². The lowest BCUT2D eigenvalue weighted by Gasteiger charge is -2.42. The highest BCUT2D eigenvalue weighted by atomic mass is 35.5. The van der Waals surface area contributed by atoms with Crippen molar-refractivity contribution < 1.29 is 23.5 Å². The minimum atomic E-state index is -1.39. The van der Waals surface area contributed by atoms with E-state index in [1.54, 1.807) is 13.0 Å². The smallest absolute Gasteiger partial charge is 0.238 e. The van der Waals surface area contributed by atoms with Crippen LogP contribution in [0.5, 0.6) is 0 Å². The fraction of sp³-hybridized carbons (Fsp3) is 0.517. The molecule has 0 bridgehead atoms. The number of alkyl halides is 1. The summed E-state index contributed by atoms with van der Waals surface area (Å²) in [4.78, 5) is 27.8. The lowest BCUT2D eigenvalue weighted by atomic mass is 9.62. The molecule has 2 fully saturated rings. The number of halogens is 4. The molecule has 0 unspecified atom stereocenters. The van der Waals surface area contributed by atoms with Gasteiger partial charge in [-0.2, -0.15) is 0 Å². The topological polar surface area (TPSA) is 90.5 Å². The van der Waals surface area contributed by atoms with E-state index in [0.717, 1.165) is 0 Å². The van der Waals surface area contributed by atoms with Gasteiger partial charge in [-0.3, -0.25) is 9.59 Å². The van der Waals surface area contributed by atoms with Crippen LogP contribution in [0.1, 0.15) is 52.5 Å². The van der Waals surface area contributed by atoms with E-state index in [9.17, 15) is 23.5 Å². The van der Waals surface area contributed by atoms with Gasteiger partial charge in [0.25, 0.3) is 0 Å². The molecular weight excluding hydrogens is 547 g/mol. The average molecular weight is 583 g/mol. The molecule has 1 aromatic carbocycles. The fourth-order valence-electron chi connectivity index (χ4n) is 6.30. The summed E-state index contributed by atoms with van der Waals surface area (Å²) in [5.41, 5.74) is -1.31. The zero-order valence-electron chi connectivity index (χ0n) is 22.5. The maximum absolute atomic E-state index is 14.9. The van der Waals surface area contributed by atoms with Crippen molar-refractivity contribution >= 4 is 40.7 Å². The zero-order valence-corrected chi connectivity index (χ0v) is 24.0. The molecule has 2 heterocycles.